The van der Waals surface area contributed by atoms with Crippen LogP contribution in [0.1, 0.15) is 11.3 Å². The fourth-order valence-corrected chi connectivity index (χ4v) is 2.05. The van der Waals surface area contributed by atoms with Gasteiger partial charge in [0, 0.05) is 23.3 Å². The van der Waals surface area contributed by atoms with E-state index >= 15 is 0 Å². The van der Waals surface area contributed by atoms with Crippen molar-refractivity contribution in [1.29, 1.82) is 0 Å². The monoisotopic (exact) mass is 276 g/mol. The van der Waals surface area contributed by atoms with E-state index < -0.39 is 0 Å². The van der Waals surface area contributed by atoms with Crippen molar-refractivity contribution in [3.63, 3.8) is 0 Å². The number of nitrogens with two attached hydrogens (primary N) is 1. The number of halogens is 1. The molecule has 2 rings (SSSR count). The van der Waals surface area contributed by atoms with Crippen molar-refractivity contribution in [3.8, 4) is 5.75 Å². The van der Waals surface area contributed by atoms with E-state index in [1.807, 2.05) is 36.4 Å². The van der Waals surface area contributed by atoms with Gasteiger partial charge < -0.3 is 10.5 Å². The zero-order chi connectivity index (χ0) is 13.5. The third-order valence-electron chi connectivity index (χ3n) is 2.78. The maximum atomic E-state index is 5.98. The highest BCUT2D eigenvalue weighted by molar-refractivity contribution is 6.30. The predicted molar refractivity (Wildman–Crippen MR) is 77.6 cm³/mol. The van der Waals surface area contributed by atoms with Crippen molar-refractivity contribution >= 4 is 11.6 Å². The van der Waals surface area contributed by atoms with Crippen molar-refractivity contribution in [2.24, 2.45) is 5.73 Å². The highest BCUT2D eigenvalue weighted by Crippen LogP contribution is 2.23. The summed E-state index contributed by atoms with van der Waals surface area (Å²) in [5, 5.41) is 0.709. The number of hydrogen-bond donors (Lipinski definition) is 1. The Morgan fingerprint density at radius 3 is 2.79 bits per heavy atom. The first kappa shape index (κ1) is 13.8. The number of pyridine rings is 1. The first-order chi connectivity index (χ1) is 9.29. The van der Waals surface area contributed by atoms with Crippen molar-refractivity contribution in [2.75, 3.05) is 13.2 Å². The van der Waals surface area contributed by atoms with E-state index in [4.69, 9.17) is 22.1 Å². The standard InChI is InChI=1S/C15H17ClN2O/c16-13-4-5-15(12(11-13)6-8-17)19-10-7-14-3-1-2-9-18-14/h1-5,9,11H,6-8,10,17H2. The molecule has 1 aromatic heterocycles. The number of hydrogen-bond acceptors (Lipinski definition) is 3. The van der Waals surface area contributed by atoms with Crippen LogP contribution in [0.25, 0.3) is 0 Å². The van der Waals surface area contributed by atoms with E-state index in [1.54, 1.807) is 6.20 Å². The fourth-order valence-electron chi connectivity index (χ4n) is 1.85. The van der Waals surface area contributed by atoms with Gasteiger partial charge in [-0.2, -0.15) is 0 Å². The fraction of sp³-hybridized carbons (Fsp3) is 0.267. The van der Waals surface area contributed by atoms with Crippen molar-refractivity contribution in [3.05, 3.63) is 58.9 Å². The van der Waals surface area contributed by atoms with Gasteiger partial charge in [0.15, 0.2) is 0 Å². The maximum Gasteiger partial charge on any atom is 0.122 e. The highest BCUT2D eigenvalue weighted by Gasteiger charge is 2.04. The Morgan fingerprint density at radius 1 is 1.16 bits per heavy atom. The van der Waals surface area contributed by atoms with E-state index in [2.05, 4.69) is 4.98 Å². The normalized spacial score (nSPS) is 10.4. The number of aromatic nitrogens is 1. The molecule has 3 nitrogen and oxygen atoms in total. The predicted octanol–water partition coefficient (Wildman–Crippen LogP) is 2.86. The van der Waals surface area contributed by atoms with E-state index in [9.17, 15) is 0 Å². The summed E-state index contributed by atoms with van der Waals surface area (Å²) in [6.45, 7) is 1.17. The summed E-state index contributed by atoms with van der Waals surface area (Å²) in [7, 11) is 0. The zero-order valence-corrected chi connectivity index (χ0v) is 11.4. The van der Waals surface area contributed by atoms with Crippen LogP contribution in [0.2, 0.25) is 5.02 Å². The van der Waals surface area contributed by atoms with Crippen molar-refractivity contribution in [1.82, 2.24) is 4.98 Å². The molecule has 0 spiro atoms. The minimum absolute atomic E-state index is 0.580. The lowest BCUT2D eigenvalue weighted by atomic mass is 10.1. The summed E-state index contributed by atoms with van der Waals surface area (Å²) in [6.07, 6.45) is 3.34. The molecule has 0 radical (unpaired) electrons. The Balaban J connectivity index is 1.95. The van der Waals surface area contributed by atoms with E-state index in [-0.39, 0.29) is 0 Å². The first-order valence-corrected chi connectivity index (χ1v) is 6.68. The van der Waals surface area contributed by atoms with E-state index in [0.717, 1.165) is 29.8 Å². The average Bonchev–Trinajstić information content (AvgIpc) is 2.43. The summed E-state index contributed by atoms with van der Waals surface area (Å²) in [5.74, 6) is 0.853. The van der Waals surface area contributed by atoms with Crippen LogP contribution in [0, 0.1) is 0 Å². The van der Waals surface area contributed by atoms with Crippen LogP contribution >= 0.6 is 11.6 Å². The average molecular weight is 277 g/mol. The Bertz CT molecular complexity index is 517. The second-order valence-electron chi connectivity index (χ2n) is 4.21. The molecule has 0 saturated heterocycles. The molecule has 0 saturated carbocycles. The lowest BCUT2D eigenvalue weighted by Crippen LogP contribution is -2.07. The van der Waals surface area contributed by atoms with Crippen LogP contribution in [0.15, 0.2) is 42.6 Å². The molecule has 1 aromatic carbocycles. The van der Waals surface area contributed by atoms with Gasteiger partial charge in [-0.25, -0.2) is 0 Å². The van der Waals surface area contributed by atoms with Crippen molar-refractivity contribution < 1.29 is 4.74 Å². The van der Waals surface area contributed by atoms with E-state index in [1.165, 1.54) is 0 Å². The molecule has 0 aliphatic rings. The third kappa shape index (κ3) is 4.23. The maximum absolute atomic E-state index is 5.98. The second-order valence-corrected chi connectivity index (χ2v) is 4.65. The highest BCUT2D eigenvalue weighted by atomic mass is 35.5. The van der Waals surface area contributed by atoms with Crippen molar-refractivity contribution in [2.45, 2.75) is 12.8 Å². The summed E-state index contributed by atoms with van der Waals surface area (Å²) in [5.41, 5.74) is 7.67. The first-order valence-electron chi connectivity index (χ1n) is 6.31. The summed E-state index contributed by atoms with van der Waals surface area (Å²) in [4.78, 5) is 4.26. The molecule has 1 heterocycles. The number of rotatable bonds is 6. The zero-order valence-electron chi connectivity index (χ0n) is 10.7. The third-order valence-corrected chi connectivity index (χ3v) is 3.01. The van der Waals surface area contributed by atoms with Gasteiger partial charge in [-0.05, 0) is 48.9 Å². The molecule has 0 bridgehead atoms. The molecule has 0 aliphatic carbocycles. The number of nitrogens with zero attached hydrogens (tertiary/aromatic N) is 1. The molecule has 0 atom stereocenters. The lowest BCUT2D eigenvalue weighted by Gasteiger charge is -2.11. The van der Waals surface area contributed by atoms with Gasteiger partial charge in [-0.15, -0.1) is 0 Å². The summed E-state index contributed by atoms with van der Waals surface area (Å²) in [6, 6.07) is 11.5. The molecule has 4 heteroatoms. The smallest absolute Gasteiger partial charge is 0.122 e. The molecule has 0 amide bonds. The SMILES string of the molecule is NCCc1cc(Cl)ccc1OCCc1ccccn1. The molecule has 19 heavy (non-hydrogen) atoms. The Kier molecular flexibility index (Phi) is 5.19. The Labute approximate surface area is 118 Å². The summed E-state index contributed by atoms with van der Waals surface area (Å²) < 4.78 is 5.79. The quantitative estimate of drug-likeness (QED) is 0.883. The van der Waals surface area contributed by atoms with Crippen LogP contribution in [-0.2, 0) is 12.8 Å². The van der Waals surface area contributed by atoms with Crippen LogP contribution < -0.4 is 10.5 Å². The molecule has 0 fully saturated rings. The lowest BCUT2D eigenvalue weighted by molar-refractivity contribution is 0.317. The minimum atomic E-state index is 0.580. The van der Waals surface area contributed by atoms with Crippen LogP contribution in [-0.4, -0.2) is 18.1 Å². The van der Waals surface area contributed by atoms with Crippen LogP contribution in [0.3, 0.4) is 0 Å². The largest absolute Gasteiger partial charge is 0.493 e. The Hall–Kier alpha value is -1.58. The van der Waals surface area contributed by atoms with Gasteiger partial charge in [0.05, 0.1) is 6.61 Å². The summed E-state index contributed by atoms with van der Waals surface area (Å²) >= 11 is 5.98. The number of ether oxygens (including phenoxy) is 1. The van der Waals surface area contributed by atoms with Gasteiger partial charge in [-0.3, -0.25) is 4.98 Å². The molecule has 100 valence electrons. The molecule has 0 aliphatic heterocycles. The molecule has 2 N–H and O–H groups in total. The van der Waals surface area contributed by atoms with Crippen LogP contribution in [0.5, 0.6) is 5.75 Å². The second kappa shape index (κ2) is 7.12. The van der Waals surface area contributed by atoms with Gasteiger partial charge in [-0.1, -0.05) is 17.7 Å². The molecular weight excluding hydrogens is 260 g/mol. The van der Waals surface area contributed by atoms with Gasteiger partial charge in [0.25, 0.3) is 0 Å². The topological polar surface area (TPSA) is 48.1 Å². The van der Waals surface area contributed by atoms with Crippen LogP contribution in [0.4, 0.5) is 0 Å². The molecular formula is C15H17ClN2O. The van der Waals surface area contributed by atoms with E-state index in [0.29, 0.717) is 18.2 Å². The number of benzene rings is 1. The minimum Gasteiger partial charge on any atom is -0.493 e. The Morgan fingerprint density at radius 2 is 2.05 bits per heavy atom. The van der Waals surface area contributed by atoms with Gasteiger partial charge >= 0.3 is 0 Å². The molecule has 2 aromatic rings. The van der Waals surface area contributed by atoms with Gasteiger partial charge in [0.1, 0.15) is 5.75 Å². The van der Waals surface area contributed by atoms with Gasteiger partial charge in [0.2, 0.25) is 0 Å². The molecule has 0 unspecified atom stereocenters.